The summed E-state index contributed by atoms with van der Waals surface area (Å²) in [5.41, 5.74) is 2.34. The summed E-state index contributed by atoms with van der Waals surface area (Å²) in [7, 11) is 0. The summed E-state index contributed by atoms with van der Waals surface area (Å²) in [4.78, 5) is 4.14. The molecule has 0 spiro atoms. The zero-order valence-electron chi connectivity index (χ0n) is 6.49. The fourth-order valence-electron chi connectivity index (χ4n) is 1.16. The van der Waals surface area contributed by atoms with E-state index >= 15 is 0 Å². The molecule has 0 bridgehead atoms. The minimum atomic E-state index is 0.693. The van der Waals surface area contributed by atoms with E-state index in [1.807, 2.05) is 0 Å². The Balaban J connectivity index is 2.51. The molecule has 13 heavy (non-hydrogen) atoms. The van der Waals surface area contributed by atoms with Crippen LogP contribution in [0.4, 0.5) is 0 Å². The second-order valence-corrected chi connectivity index (χ2v) is 2.61. The molecular weight excluding hydrogens is 168 g/mol. The Labute approximate surface area is 72.6 Å². The van der Waals surface area contributed by atoms with Crippen LogP contribution in [0.25, 0.3) is 16.9 Å². The maximum absolute atomic E-state index is 4.14. The maximum Gasteiger partial charge on any atom is 0.175 e. The van der Waals surface area contributed by atoms with E-state index in [4.69, 9.17) is 0 Å². The predicted molar refractivity (Wildman–Crippen MR) is 43.0 cm³/mol. The molecule has 0 atom stereocenters. The molecular formula is C7H4N6. The first-order chi connectivity index (χ1) is 6.43. The Bertz CT molecular complexity index is 529. The largest absolute Gasteiger partial charge is 0.233 e. The molecule has 1 aromatic heterocycles. The Morgan fingerprint density at radius 1 is 1.08 bits per heavy atom. The topological polar surface area (TPSA) is 68.9 Å². The van der Waals surface area contributed by atoms with E-state index in [0.29, 0.717) is 5.65 Å². The standard InChI is InChI=1S/C7H4N6/c1-5-4-13-7(3-10-12-13)8-2-6(5)11-9-1/h1-4H. The highest BCUT2D eigenvalue weighted by molar-refractivity contribution is 5.57. The molecule has 0 amide bonds. The number of rotatable bonds is 0. The van der Waals surface area contributed by atoms with E-state index < -0.39 is 0 Å². The first kappa shape index (κ1) is 6.41. The smallest absolute Gasteiger partial charge is 0.175 e. The highest BCUT2D eigenvalue weighted by Crippen LogP contribution is 2.14. The van der Waals surface area contributed by atoms with Crippen LogP contribution in [0.5, 0.6) is 0 Å². The first-order valence-corrected chi connectivity index (χ1v) is 3.71. The SMILES string of the molecule is c1nnc2cnc3cnnn3cc1-2. The van der Waals surface area contributed by atoms with Crippen LogP contribution in [-0.4, -0.2) is 30.0 Å². The summed E-state index contributed by atoms with van der Waals surface area (Å²) in [6.07, 6.45) is 6.70. The normalized spacial score (nSPS) is 11.1. The molecule has 0 saturated carbocycles. The zero-order valence-corrected chi connectivity index (χ0v) is 6.49. The number of fused-ring (bicyclic) bond motifs is 2. The van der Waals surface area contributed by atoms with Gasteiger partial charge in [0.15, 0.2) is 5.65 Å². The van der Waals surface area contributed by atoms with Crippen LogP contribution in [0.2, 0.25) is 0 Å². The van der Waals surface area contributed by atoms with Crippen molar-refractivity contribution >= 4 is 5.65 Å². The Morgan fingerprint density at radius 3 is 3.08 bits per heavy atom. The van der Waals surface area contributed by atoms with Crippen LogP contribution in [0.15, 0.2) is 24.8 Å². The summed E-state index contributed by atoms with van der Waals surface area (Å²) in [6, 6.07) is 0. The minimum Gasteiger partial charge on any atom is -0.233 e. The summed E-state index contributed by atoms with van der Waals surface area (Å²) in [5, 5.41) is 15.2. The Hall–Kier alpha value is -2.11. The van der Waals surface area contributed by atoms with Gasteiger partial charge in [-0.2, -0.15) is 5.10 Å². The maximum atomic E-state index is 4.14. The van der Waals surface area contributed by atoms with Crippen LogP contribution >= 0.6 is 0 Å². The van der Waals surface area contributed by atoms with Crippen molar-refractivity contribution in [1.82, 2.24) is 30.0 Å². The summed E-state index contributed by atoms with van der Waals surface area (Å²) in [6.45, 7) is 0. The van der Waals surface area contributed by atoms with Gasteiger partial charge in [-0.25, -0.2) is 9.50 Å². The van der Waals surface area contributed by atoms with Gasteiger partial charge in [0.1, 0.15) is 5.69 Å². The average molecular weight is 172 g/mol. The zero-order chi connectivity index (χ0) is 8.67. The van der Waals surface area contributed by atoms with Gasteiger partial charge >= 0.3 is 0 Å². The third-order valence-corrected chi connectivity index (χ3v) is 1.79. The third kappa shape index (κ3) is 0.851. The van der Waals surface area contributed by atoms with Gasteiger partial charge in [-0.3, -0.25) is 0 Å². The second-order valence-electron chi connectivity index (χ2n) is 2.61. The van der Waals surface area contributed by atoms with Crippen LogP contribution < -0.4 is 0 Å². The van der Waals surface area contributed by atoms with E-state index in [1.54, 1.807) is 29.3 Å². The molecule has 0 aromatic carbocycles. The lowest BCUT2D eigenvalue weighted by Gasteiger charge is -1.82. The number of hydrogen-bond donors (Lipinski definition) is 0. The molecule has 0 N–H and O–H groups in total. The van der Waals surface area contributed by atoms with E-state index in [0.717, 1.165) is 11.3 Å². The Kier molecular flexibility index (Phi) is 1.08. The van der Waals surface area contributed by atoms with Crippen molar-refractivity contribution in [2.75, 3.05) is 0 Å². The number of aromatic nitrogens is 6. The minimum absolute atomic E-state index is 0.693. The van der Waals surface area contributed by atoms with Crippen LogP contribution in [0.3, 0.4) is 0 Å². The van der Waals surface area contributed by atoms with Gasteiger partial charge in [0.25, 0.3) is 0 Å². The van der Waals surface area contributed by atoms with E-state index in [1.165, 1.54) is 0 Å². The average Bonchev–Trinajstić information content (AvgIpc) is 2.72. The van der Waals surface area contributed by atoms with Gasteiger partial charge in [-0.1, -0.05) is 5.21 Å². The van der Waals surface area contributed by atoms with Crippen LogP contribution in [0.1, 0.15) is 0 Å². The molecule has 6 heteroatoms. The molecule has 3 heterocycles. The van der Waals surface area contributed by atoms with Crippen molar-refractivity contribution in [1.29, 1.82) is 0 Å². The van der Waals surface area contributed by atoms with E-state index in [2.05, 4.69) is 25.5 Å². The number of hydrogen-bond acceptors (Lipinski definition) is 5. The Morgan fingerprint density at radius 2 is 2.08 bits per heavy atom. The summed E-state index contributed by atoms with van der Waals surface area (Å²) < 4.78 is 1.59. The second kappa shape index (κ2) is 2.19. The van der Waals surface area contributed by atoms with Crippen molar-refractivity contribution in [2.24, 2.45) is 0 Å². The molecule has 0 unspecified atom stereocenters. The van der Waals surface area contributed by atoms with Gasteiger partial charge in [0.05, 0.1) is 18.6 Å². The molecule has 0 saturated heterocycles. The van der Waals surface area contributed by atoms with Crippen LogP contribution in [-0.2, 0) is 0 Å². The fraction of sp³-hybridized carbons (Fsp3) is 0. The lowest BCUT2D eigenvalue weighted by molar-refractivity contribution is 0.854. The molecule has 62 valence electrons. The van der Waals surface area contributed by atoms with Crippen molar-refractivity contribution in [2.45, 2.75) is 0 Å². The van der Waals surface area contributed by atoms with Gasteiger partial charge in [0.2, 0.25) is 0 Å². The number of nitrogens with zero attached hydrogens (tertiary/aromatic N) is 6. The first-order valence-electron chi connectivity index (χ1n) is 3.71. The van der Waals surface area contributed by atoms with Crippen molar-refractivity contribution in [3.8, 4) is 11.3 Å². The molecule has 6 nitrogen and oxygen atoms in total. The molecule has 1 aromatic rings. The van der Waals surface area contributed by atoms with Crippen molar-refractivity contribution in [3.63, 3.8) is 0 Å². The fourth-order valence-corrected chi connectivity index (χ4v) is 1.16. The van der Waals surface area contributed by atoms with Crippen molar-refractivity contribution < 1.29 is 0 Å². The summed E-state index contributed by atoms with van der Waals surface area (Å²) in [5.74, 6) is 0. The molecule has 0 aliphatic carbocycles. The van der Waals surface area contributed by atoms with Gasteiger partial charge in [-0.05, 0) is 0 Å². The lowest BCUT2D eigenvalue weighted by Crippen LogP contribution is -1.83. The molecule has 2 aliphatic heterocycles. The third-order valence-electron chi connectivity index (χ3n) is 1.79. The predicted octanol–water partition coefficient (Wildman–Crippen LogP) is 0.0191. The van der Waals surface area contributed by atoms with Gasteiger partial charge in [0, 0.05) is 11.8 Å². The quantitative estimate of drug-likeness (QED) is 0.478. The highest BCUT2D eigenvalue weighted by Gasteiger charge is 2.04. The van der Waals surface area contributed by atoms with Gasteiger partial charge in [-0.15, -0.1) is 10.2 Å². The summed E-state index contributed by atoms with van der Waals surface area (Å²) >= 11 is 0. The molecule has 2 aliphatic rings. The van der Waals surface area contributed by atoms with Crippen molar-refractivity contribution in [3.05, 3.63) is 24.8 Å². The lowest BCUT2D eigenvalue weighted by atomic mass is 10.3. The molecule has 0 radical (unpaired) electrons. The molecule has 0 fully saturated rings. The molecule has 3 rings (SSSR count). The van der Waals surface area contributed by atoms with E-state index in [9.17, 15) is 0 Å². The van der Waals surface area contributed by atoms with Gasteiger partial charge < -0.3 is 0 Å². The van der Waals surface area contributed by atoms with E-state index in [-0.39, 0.29) is 0 Å². The monoisotopic (exact) mass is 172 g/mol. The highest BCUT2D eigenvalue weighted by atomic mass is 15.4. The van der Waals surface area contributed by atoms with Crippen LogP contribution in [0, 0.1) is 0 Å².